The number of carbonyl (C=O) groups is 1. The first-order valence-electron chi connectivity index (χ1n) is 4.99. The second kappa shape index (κ2) is 6.29. The fraction of sp³-hybridized carbons (Fsp3) is 0.556. The van der Waals surface area contributed by atoms with Gasteiger partial charge in [0.1, 0.15) is 10.6 Å². The summed E-state index contributed by atoms with van der Waals surface area (Å²) >= 11 is 1.18. The number of nitrogens with one attached hydrogen (secondary N) is 2. The van der Waals surface area contributed by atoms with E-state index in [1.54, 1.807) is 7.05 Å². The number of ether oxygens (including phenoxy) is 1. The van der Waals surface area contributed by atoms with Crippen molar-refractivity contribution in [1.29, 1.82) is 0 Å². The Bertz CT molecular complexity index is 353. The second-order valence-electron chi connectivity index (χ2n) is 2.97. The van der Waals surface area contributed by atoms with Gasteiger partial charge < -0.3 is 21.1 Å². The lowest BCUT2D eigenvalue weighted by Gasteiger charge is -2.06. The van der Waals surface area contributed by atoms with Gasteiger partial charge >= 0.3 is 0 Å². The van der Waals surface area contributed by atoms with Gasteiger partial charge in [-0.05, 0) is 18.5 Å². The fourth-order valence-electron chi connectivity index (χ4n) is 1.15. The topological polar surface area (TPSA) is 89.3 Å². The zero-order chi connectivity index (χ0) is 12.0. The van der Waals surface area contributed by atoms with Crippen LogP contribution in [0.1, 0.15) is 17.3 Å². The molecule has 0 radical (unpaired) electrons. The van der Waals surface area contributed by atoms with Crippen molar-refractivity contribution in [2.45, 2.75) is 6.92 Å². The Kier molecular flexibility index (Phi) is 5.00. The molecule has 1 heterocycles. The lowest BCUT2D eigenvalue weighted by atomic mass is 10.3. The standard InChI is InChI=1S/C9H16N4O2S/c1-3-15-5-4-12-9-6(8(14)11-2)7(10)13-16-9/h12H,3-5H2,1-2H3,(H2,10,13)(H,11,14). The molecule has 1 rings (SSSR count). The van der Waals surface area contributed by atoms with Crippen molar-refractivity contribution in [2.75, 3.05) is 37.9 Å². The van der Waals surface area contributed by atoms with Gasteiger partial charge in [-0.1, -0.05) is 0 Å². The summed E-state index contributed by atoms with van der Waals surface area (Å²) in [5, 5.41) is 6.28. The van der Waals surface area contributed by atoms with E-state index in [2.05, 4.69) is 15.0 Å². The van der Waals surface area contributed by atoms with Crippen molar-refractivity contribution in [1.82, 2.24) is 9.69 Å². The highest BCUT2D eigenvalue weighted by molar-refractivity contribution is 7.11. The minimum atomic E-state index is -0.231. The van der Waals surface area contributed by atoms with E-state index in [1.165, 1.54) is 11.5 Å². The molecule has 4 N–H and O–H groups in total. The summed E-state index contributed by atoms with van der Waals surface area (Å²) in [4.78, 5) is 11.5. The Labute approximate surface area is 98.3 Å². The van der Waals surface area contributed by atoms with E-state index in [4.69, 9.17) is 10.5 Å². The van der Waals surface area contributed by atoms with Crippen LogP contribution >= 0.6 is 11.5 Å². The molecule has 1 aromatic rings. The number of carbonyl (C=O) groups excluding carboxylic acids is 1. The van der Waals surface area contributed by atoms with Crippen molar-refractivity contribution >= 4 is 28.3 Å². The smallest absolute Gasteiger partial charge is 0.257 e. The molecule has 90 valence electrons. The summed E-state index contributed by atoms with van der Waals surface area (Å²) in [5.74, 6) is 0.0217. The van der Waals surface area contributed by atoms with Crippen LogP contribution in [0.4, 0.5) is 10.8 Å². The zero-order valence-corrected chi connectivity index (χ0v) is 10.2. The molecule has 1 aromatic heterocycles. The van der Waals surface area contributed by atoms with Gasteiger partial charge in [0.05, 0.1) is 6.61 Å². The summed E-state index contributed by atoms with van der Waals surface area (Å²) in [6.07, 6.45) is 0. The van der Waals surface area contributed by atoms with E-state index >= 15 is 0 Å². The molecule has 0 atom stereocenters. The molecule has 1 amide bonds. The van der Waals surface area contributed by atoms with Crippen molar-refractivity contribution in [3.05, 3.63) is 5.56 Å². The molecule has 0 spiro atoms. The Morgan fingerprint density at radius 2 is 2.38 bits per heavy atom. The Morgan fingerprint density at radius 3 is 3.00 bits per heavy atom. The second-order valence-corrected chi connectivity index (χ2v) is 3.75. The number of nitrogen functional groups attached to an aromatic ring is 1. The van der Waals surface area contributed by atoms with Gasteiger partial charge in [-0.15, -0.1) is 0 Å². The first-order valence-corrected chi connectivity index (χ1v) is 5.76. The van der Waals surface area contributed by atoms with E-state index in [-0.39, 0.29) is 11.7 Å². The number of hydrogen-bond acceptors (Lipinski definition) is 6. The van der Waals surface area contributed by atoms with Crippen molar-refractivity contribution in [2.24, 2.45) is 0 Å². The largest absolute Gasteiger partial charge is 0.382 e. The highest BCUT2D eigenvalue weighted by Gasteiger charge is 2.17. The van der Waals surface area contributed by atoms with Crippen LogP contribution in [0.25, 0.3) is 0 Å². The fourth-order valence-corrected chi connectivity index (χ4v) is 1.88. The molecule has 0 aliphatic carbocycles. The SMILES string of the molecule is CCOCCNc1snc(N)c1C(=O)NC. The van der Waals surface area contributed by atoms with Crippen molar-refractivity contribution in [3.8, 4) is 0 Å². The molecule has 6 nitrogen and oxygen atoms in total. The van der Waals surface area contributed by atoms with Gasteiger partial charge in [0, 0.05) is 20.2 Å². The molecular formula is C9H16N4O2S. The first-order chi connectivity index (χ1) is 7.70. The third kappa shape index (κ3) is 3.07. The van der Waals surface area contributed by atoms with Crippen LogP contribution in [-0.2, 0) is 4.74 Å². The minimum Gasteiger partial charge on any atom is -0.382 e. The molecule has 0 fully saturated rings. The van der Waals surface area contributed by atoms with Gasteiger partial charge in [0.2, 0.25) is 0 Å². The summed E-state index contributed by atoms with van der Waals surface area (Å²) < 4.78 is 9.12. The molecule has 0 aliphatic heterocycles. The maximum absolute atomic E-state index is 11.5. The maximum atomic E-state index is 11.5. The summed E-state index contributed by atoms with van der Waals surface area (Å²) in [7, 11) is 1.56. The van der Waals surface area contributed by atoms with Crippen LogP contribution in [0.3, 0.4) is 0 Å². The molecule has 7 heteroatoms. The monoisotopic (exact) mass is 244 g/mol. The molecular weight excluding hydrogens is 228 g/mol. The van der Waals surface area contributed by atoms with Gasteiger partial charge in [0.25, 0.3) is 5.91 Å². The van der Waals surface area contributed by atoms with Gasteiger partial charge in [0.15, 0.2) is 5.82 Å². The zero-order valence-electron chi connectivity index (χ0n) is 9.37. The van der Waals surface area contributed by atoms with Crippen LogP contribution < -0.4 is 16.4 Å². The highest BCUT2D eigenvalue weighted by Crippen LogP contribution is 2.26. The normalized spacial score (nSPS) is 10.1. The van der Waals surface area contributed by atoms with E-state index in [1.807, 2.05) is 6.92 Å². The van der Waals surface area contributed by atoms with Crippen molar-refractivity contribution < 1.29 is 9.53 Å². The minimum absolute atomic E-state index is 0.231. The third-order valence-electron chi connectivity index (χ3n) is 1.91. The highest BCUT2D eigenvalue weighted by atomic mass is 32.1. The molecule has 0 aromatic carbocycles. The van der Waals surface area contributed by atoms with Crippen LogP contribution in [0.15, 0.2) is 0 Å². The molecule has 0 bridgehead atoms. The average Bonchev–Trinajstić information content (AvgIpc) is 2.65. The van der Waals surface area contributed by atoms with E-state index in [0.717, 1.165) is 0 Å². The first kappa shape index (κ1) is 12.7. The number of aromatic nitrogens is 1. The predicted octanol–water partition coefficient (Wildman–Crippen LogP) is 0.533. The lowest BCUT2D eigenvalue weighted by molar-refractivity contribution is 0.0965. The van der Waals surface area contributed by atoms with Gasteiger partial charge in [-0.2, -0.15) is 4.37 Å². The summed E-state index contributed by atoms with van der Waals surface area (Å²) in [5.41, 5.74) is 6.02. The number of amides is 1. The van der Waals surface area contributed by atoms with Gasteiger partial charge in [-0.3, -0.25) is 4.79 Å². The molecule has 0 saturated heterocycles. The number of anilines is 2. The van der Waals surface area contributed by atoms with Crippen LogP contribution in [0.2, 0.25) is 0 Å². The van der Waals surface area contributed by atoms with Crippen LogP contribution in [0.5, 0.6) is 0 Å². The average molecular weight is 244 g/mol. The molecule has 0 unspecified atom stereocenters. The Hall–Kier alpha value is -1.34. The quantitative estimate of drug-likeness (QED) is 0.635. The van der Waals surface area contributed by atoms with Crippen LogP contribution in [0, 0.1) is 0 Å². The summed E-state index contributed by atoms with van der Waals surface area (Å²) in [6, 6.07) is 0. The van der Waals surface area contributed by atoms with E-state index in [0.29, 0.717) is 30.3 Å². The number of rotatable bonds is 6. The Morgan fingerprint density at radius 1 is 1.62 bits per heavy atom. The van der Waals surface area contributed by atoms with Gasteiger partial charge in [-0.25, -0.2) is 0 Å². The van der Waals surface area contributed by atoms with E-state index in [9.17, 15) is 4.79 Å². The lowest BCUT2D eigenvalue weighted by Crippen LogP contribution is -2.20. The molecule has 0 aliphatic rings. The third-order valence-corrected chi connectivity index (χ3v) is 2.73. The summed E-state index contributed by atoms with van der Waals surface area (Å²) in [6.45, 7) is 3.82. The van der Waals surface area contributed by atoms with Crippen molar-refractivity contribution in [3.63, 3.8) is 0 Å². The number of nitrogens with two attached hydrogens (primary N) is 1. The predicted molar refractivity (Wildman–Crippen MR) is 64.9 cm³/mol. The number of hydrogen-bond donors (Lipinski definition) is 3. The maximum Gasteiger partial charge on any atom is 0.257 e. The van der Waals surface area contributed by atoms with Crippen LogP contribution in [-0.4, -0.2) is 37.1 Å². The Balaban J connectivity index is 2.62. The molecule has 0 saturated carbocycles. The van der Waals surface area contributed by atoms with E-state index < -0.39 is 0 Å². The molecule has 16 heavy (non-hydrogen) atoms. The number of nitrogens with zero attached hydrogens (tertiary/aromatic N) is 1.